The Morgan fingerprint density at radius 1 is 1.45 bits per heavy atom. The zero-order valence-corrected chi connectivity index (χ0v) is 12.9. The fraction of sp³-hybridized carbons (Fsp3) is 0.417. The molecule has 0 aliphatic carbocycles. The van der Waals surface area contributed by atoms with Gasteiger partial charge in [-0.1, -0.05) is 0 Å². The lowest BCUT2D eigenvalue weighted by atomic mass is 10.2. The highest BCUT2D eigenvalue weighted by molar-refractivity contribution is 9.10. The van der Waals surface area contributed by atoms with Gasteiger partial charge >= 0.3 is 0 Å². The summed E-state index contributed by atoms with van der Waals surface area (Å²) >= 11 is 3.12. The van der Waals surface area contributed by atoms with Gasteiger partial charge in [-0.3, -0.25) is 0 Å². The van der Waals surface area contributed by atoms with E-state index in [-0.39, 0.29) is 23.4 Å². The molecule has 1 aliphatic heterocycles. The molecule has 1 aromatic carbocycles. The number of benzene rings is 1. The second-order valence-electron chi connectivity index (χ2n) is 4.94. The molecule has 3 rings (SSSR count). The van der Waals surface area contributed by atoms with Gasteiger partial charge in [0.2, 0.25) is 0 Å². The van der Waals surface area contributed by atoms with Gasteiger partial charge in [0.15, 0.2) is 9.84 Å². The number of aromatic amines is 1. The van der Waals surface area contributed by atoms with Crippen LogP contribution >= 0.6 is 15.9 Å². The van der Waals surface area contributed by atoms with Crippen LogP contribution in [0, 0.1) is 5.82 Å². The maximum atomic E-state index is 13.4. The second-order valence-corrected chi connectivity index (χ2v) is 8.02. The van der Waals surface area contributed by atoms with Gasteiger partial charge in [0.1, 0.15) is 11.6 Å². The molecule has 2 heterocycles. The van der Waals surface area contributed by atoms with Crippen molar-refractivity contribution in [2.75, 3.05) is 18.1 Å². The summed E-state index contributed by atoms with van der Waals surface area (Å²) in [5, 5.41) is 3.17. The van der Waals surface area contributed by atoms with Crippen molar-refractivity contribution in [3.63, 3.8) is 0 Å². The quantitative estimate of drug-likeness (QED) is 0.847. The lowest BCUT2D eigenvalue weighted by Gasteiger charge is -2.22. The Morgan fingerprint density at radius 2 is 2.25 bits per heavy atom. The van der Waals surface area contributed by atoms with E-state index in [0.29, 0.717) is 34.3 Å². The van der Waals surface area contributed by atoms with Gasteiger partial charge in [0.25, 0.3) is 0 Å². The van der Waals surface area contributed by atoms with Crippen LogP contribution in [0.1, 0.15) is 5.82 Å². The van der Waals surface area contributed by atoms with Gasteiger partial charge in [-0.05, 0) is 22.0 Å². The van der Waals surface area contributed by atoms with E-state index in [9.17, 15) is 12.8 Å². The first-order valence-electron chi connectivity index (χ1n) is 6.20. The van der Waals surface area contributed by atoms with Crippen LogP contribution in [-0.2, 0) is 16.3 Å². The first-order chi connectivity index (χ1) is 9.43. The van der Waals surface area contributed by atoms with Crippen LogP contribution in [0.25, 0.3) is 11.0 Å². The van der Waals surface area contributed by atoms with Crippen LogP contribution in [0.2, 0.25) is 0 Å². The molecule has 2 N–H and O–H groups in total. The van der Waals surface area contributed by atoms with Crippen molar-refractivity contribution < 1.29 is 12.8 Å². The SMILES string of the molecule is O=S1(=O)CCNC(Cc2nc3cc(Br)c(F)cc3[nH]2)C1. The minimum Gasteiger partial charge on any atom is -0.342 e. The fourth-order valence-corrected chi connectivity index (χ4v) is 4.16. The van der Waals surface area contributed by atoms with Crippen LogP contribution in [0.5, 0.6) is 0 Å². The third kappa shape index (κ3) is 2.87. The molecule has 5 nitrogen and oxygen atoms in total. The van der Waals surface area contributed by atoms with E-state index in [1.54, 1.807) is 6.07 Å². The van der Waals surface area contributed by atoms with E-state index < -0.39 is 9.84 Å². The average Bonchev–Trinajstić information content (AvgIpc) is 2.69. The number of fused-ring (bicyclic) bond motifs is 1. The van der Waals surface area contributed by atoms with E-state index in [4.69, 9.17) is 0 Å². The maximum Gasteiger partial charge on any atom is 0.153 e. The number of H-pyrrole nitrogens is 1. The summed E-state index contributed by atoms with van der Waals surface area (Å²) in [6.45, 7) is 0.466. The second kappa shape index (κ2) is 5.09. The highest BCUT2D eigenvalue weighted by atomic mass is 79.9. The summed E-state index contributed by atoms with van der Waals surface area (Å²) in [6, 6.07) is 2.83. The molecule has 1 aromatic heterocycles. The highest BCUT2D eigenvalue weighted by Crippen LogP contribution is 2.22. The molecule has 108 valence electrons. The molecule has 0 bridgehead atoms. The van der Waals surface area contributed by atoms with Crippen molar-refractivity contribution >= 4 is 36.8 Å². The van der Waals surface area contributed by atoms with Crippen molar-refractivity contribution in [1.29, 1.82) is 0 Å². The zero-order chi connectivity index (χ0) is 14.3. The minimum atomic E-state index is -2.97. The molecule has 2 aromatic rings. The Hall–Kier alpha value is -0.990. The number of nitrogens with zero attached hydrogens (tertiary/aromatic N) is 1. The van der Waals surface area contributed by atoms with Gasteiger partial charge in [0.05, 0.1) is 27.0 Å². The molecule has 20 heavy (non-hydrogen) atoms. The summed E-state index contributed by atoms with van der Waals surface area (Å²) in [5.41, 5.74) is 1.27. The van der Waals surface area contributed by atoms with Crippen LogP contribution in [-0.4, -0.2) is 42.5 Å². The van der Waals surface area contributed by atoms with Crippen molar-refractivity contribution in [2.24, 2.45) is 0 Å². The number of aromatic nitrogens is 2. The number of imidazole rings is 1. The molecule has 0 amide bonds. The van der Waals surface area contributed by atoms with Crippen LogP contribution in [0.3, 0.4) is 0 Å². The standard InChI is InChI=1S/C12H13BrFN3O2S/c13-8-4-10-11(5-9(8)14)17-12(16-10)3-7-6-20(18,19)2-1-15-7/h4-5,7,15H,1-3,6H2,(H,16,17). The van der Waals surface area contributed by atoms with Gasteiger partial charge < -0.3 is 10.3 Å². The predicted octanol–water partition coefficient (Wildman–Crippen LogP) is 1.39. The fourth-order valence-electron chi connectivity index (χ4n) is 2.39. The smallest absolute Gasteiger partial charge is 0.153 e. The molecule has 1 saturated heterocycles. The molecule has 8 heteroatoms. The Balaban J connectivity index is 1.84. The first kappa shape index (κ1) is 14.0. The molecule has 0 saturated carbocycles. The van der Waals surface area contributed by atoms with E-state index in [1.165, 1.54) is 6.07 Å². The molecule has 1 unspecified atom stereocenters. The van der Waals surface area contributed by atoms with E-state index in [2.05, 4.69) is 31.2 Å². The molecule has 1 aliphatic rings. The average molecular weight is 362 g/mol. The number of halogens is 2. The van der Waals surface area contributed by atoms with E-state index >= 15 is 0 Å². The normalized spacial score (nSPS) is 22.2. The number of nitrogens with one attached hydrogen (secondary N) is 2. The summed E-state index contributed by atoms with van der Waals surface area (Å²) in [6.07, 6.45) is 0.479. The van der Waals surface area contributed by atoms with Crippen molar-refractivity contribution in [1.82, 2.24) is 15.3 Å². The molecular weight excluding hydrogens is 349 g/mol. The first-order valence-corrected chi connectivity index (χ1v) is 8.82. The molecular formula is C12H13BrFN3O2S. The topological polar surface area (TPSA) is 74.8 Å². The lowest BCUT2D eigenvalue weighted by Crippen LogP contribution is -2.46. The van der Waals surface area contributed by atoms with E-state index in [0.717, 1.165) is 0 Å². The Bertz CT molecular complexity index is 720. The summed E-state index contributed by atoms with van der Waals surface area (Å²) < 4.78 is 37.0. The monoisotopic (exact) mass is 361 g/mol. The highest BCUT2D eigenvalue weighted by Gasteiger charge is 2.25. The molecule has 1 atom stereocenters. The Morgan fingerprint density at radius 3 is 3.00 bits per heavy atom. The lowest BCUT2D eigenvalue weighted by molar-refractivity contribution is 0.510. The third-order valence-electron chi connectivity index (χ3n) is 3.31. The maximum absolute atomic E-state index is 13.4. The van der Waals surface area contributed by atoms with E-state index in [1.807, 2.05) is 0 Å². The van der Waals surface area contributed by atoms with Crippen LogP contribution in [0.15, 0.2) is 16.6 Å². The summed E-state index contributed by atoms with van der Waals surface area (Å²) in [7, 11) is -2.97. The number of sulfone groups is 1. The third-order valence-corrected chi connectivity index (χ3v) is 5.66. The number of hydrogen-bond acceptors (Lipinski definition) is 4. The molecule has 0 radical (unpaired) electrons. The van der Waals surface area contributed by atoms with Gasteiger partial charge in [-0.2, -0.15) is 0 Å². The number of hydrogen-bond donors (Lipinski definition) is 2. The van der Waals surface area contributed by atoms with Crippen LogP contribution < -0.4 is 5.32 Å². The van der Waals surface area contributed by atoms with Crippen LogP contribution in [0.4, 0.5) is 4.39 Å². The minimum absolute atomic E-state index is 0.113. The number of rotatable bonds is 2. The Kier molecular flexibility index (Phi) is 3.55. The van der Waals surface area contributed by atoms with Crippen molar-refractivity contribution in [2.45, 2.75) is 12.5 Å². The largest absolute Gasteiger partial charge is 0.342 e. The Labute approximate surface area is 124 Å². The summed E-state index contributed by atoms with van der Waals surface area (Å²) in [4.78, 5) is 7.40. The zero-order valence-electron chi connectivity index (χ0n) is 10.5. The van der Waals surface area contributed by atoms with Gasteiger partial charge in [-0.15, -0.1) is 0 Å². The van der Waals surface area contributed by atoms with Crippen molar-refractivity contribution in [3.8, 4) is 0 Å². The van der Waals surface area contributed by atoms with Gasteiger partial charge in [0, 0.05) is 25.1 Å². The molecule has 0 spiro atoms. The van der Waals surface area contributed by atoms with Gasteiger partial charge in [-0.25, -0.2) is 17.8 Å². The predicted molar refractivity (Wildman–Crippen MR) is 77.9 cm³/mol. The molecule has 1 fully saturated rings. The summed E-state index contributed by atoms with van der Waals surface area (Å²) in [5.74, 6) is 0.599. The van der Waals surface area contributed by atoms with Crippen molar-refractivity contribution in [3.05, 3.63) is 28.2 Å².